The second kappa shape index (κ2) is 4.86. The van der Waals surface area contributed by atoms with Crippen molar-refractivity contribution in [2.24, 2.45) is 5.92 Å². The highest BCUT2D eigenvalue weighted by atomic mass is 35.5. The Kier molecular flexibility index (Phi) is 3.43. The minimum Gasteiger partial charge on any atom is -0.495 e. The van der Waals surface area contributed by atoms with Gasteiger partial charge in [0.1, 0.15) is 17.8 Å². The van der Waals surface area contributed by atoms with Gasteiger partial charge in [-0.1, -0.05) is 17.7 Å². The van der Waals surface area contributed by atoms with Crippen LogP contribution in [0, 0.1) is 5.92 Å². The van der Waals surface area contributed by atoms with Crippen LogP contribution in [0.25, 0.3) is 0 Å². The van der Waals surface area contributed by atoms with Gasteiger partial charge in [-0.25, -0.2) is 0 Å². The van der Waals surface area contributed by atoms with Crippen LogP contribution in [0.1, 0.15) is 18.1 Å². The van der Waals surface area contributed by atoms with Crippen molar-refractivity contribution < 1.29 is 24.2 Å². The van der Waals surface area contributed by atoms with Crippen LogP contribution in [0.15, 0.2) is 18.2 Å². The van der Waals surface area contributed by atoms with Crippen molar-refractivity contribution in [1.29, 1.82) is 0 Å². The van der Waals surface area contributed by atoms with E-state index >= 15 is 0 Å². The Morgan fingerprint density at radius 1 is 1.56 bits per heavy atom. The molecule has 0 amide bonds. The minimum atomic E-state index is -1.06. The van der Waals surface area contributed by atoms with Crippen molar-refractivity contribution in [3.05, 3.63) is 28.8 Å². The molecule has 1 N–H and O–H groups in total. The summed E-state index contributed by atoms with van der Waals surface area (Å²) in [5.74, 6) is -1.96. The number of esters is 1. The predicted octanol–water partition coefficient (Wildman–Crippen LogP) is 2.04. The van der Waals surface area contributed by atoms with E-state index in [1.54, 1.807) is 18.2 Å². The zero-order valence-corrected chi connectivity index (χ0v) is 10.3. The van der Waals surface area contributed by atoms with Gasteiger partial charge >= 0.3 is 11.9 Å². The van der Waals surface area contributed by atoms with Gasteiger partial charge in [0.2, 0.25) is 0 Å². The maximum Gasteiger partial charge on any atom is 0.311 e. The Hall–Kier alpha value is -1.75. The standard InChI is InChI=1S/C12H11ClO5/c1-17-9-3-2-6(4-8(9)13)11-7(12(15)16)5-10(14)18-11/h2-4,7,11H,5H2,1H3,(H,15,16)/t7-,11+/m1/s1. The number of cyclic esters (lactones) is 1. The fourth-order valence-corrected chi connectivity index (χ4v) is 2.20. The summed E-state index contributed by atoms with van der Waals surface area (Å²) in [5.41, 5.74) is 0.555. The molecule has 1 fully saturated rings. The molecule has 1 saturated heterocycles. The molecule has 1 aliphatic heterocycles. The molecule has 0 radical (unpaired) electrons. The van der Waals surface area contributed by atoms with E-state index < -0.39 is 24.0 Å². The number of carboxylic acid groups (broad SMARTS) is 1. The van der Waals surface area contributed by atoms with Crippen LogP contribution < -0.4 is 4.74 Å². The molecule has 0 aromatic heterocycles. The molecule has 1 aromatic carbocycles. The van der Waals surface area contributed by atoms with Gasteiger partial charge in [-0.15, -0.1) is 0 Å². The first-order valence-electron chi connectivity index (χ1n) is 5.28. The van der Waals surface area contributed by atoms with Gasteiger partial charge < -0.3 is 14.6 Å². The molecule has 0 bridgehead atoms. The SMILES string of the molecule is COc1ccc([C@@H]2OC(=O)C[C@H]2C(=O)O)cc1Cl. The molecule has 1 aliphatic rings. The summed E-state index contributed by atoms with van der Waals surface area (Å²) in [6.45, 7) is 0. The van der Waals surface area contributed by atoms with Crippen LogP contribution in [0.4, 0.5) is 0 Å². The van der Waals surface area contributed by atoms with Gasteiger partial charge in [0.25, 0.3) is 0 Å². The number of hydrogen-bond donors (Lipinski definition) is 1. The lowest BCUT2D eigenvalue weighted by Crippen LogP contribution is -2.17. The number of carbonyl (C=O) groups is 2. The van der Waals surface area contributed by atoms with Crippen molar-refractivity contribution in [2.45, 2.75) is 12.5 Å². The molecule has 5 nitrogen and oxygen atoms in total. The van der Waals surface area contributed by atoms with Crippen LogP contribution in [0.5, 0.6) is 5.75 Å². The van der Waals surface area contributed by atoms with Gasteiger partial charge in [-0.2, -0.15) is 0 Å². The summed E-state index contributed by atoms with van der Waals surface area (Å²) >= 11 is 5.96. The van der Waals surface area contributed by atoms with E-state index in [0.717, 1.165) is 0 Å². The van der Waals surface area contributed by atoms with Crippen molar-refractivity contribution in [3.8, 4) is 5.75 Å². The molecule has 0 saturated carbocycles. The second-order valence-electron chi connectivity index (χ2n) is 3.95. The Bertz CT molecular complexity index is 499. The van der Waals surface area contributed by atoms with Crippen molar-refractivity contribution >= 4 is 23.5 Å². The third kappa shape index (κ3) is 2.26. The third-order valence-corrected chi connectivity index (χ3v) is 3.13. The lowest BCUT2D eigenvalue weighted by molar-refractivity contribution is -0.144. The molecule has 0 spiro atoms. The average Bonchev–Trinajstić information content (AvgIpc) is 2.71. The van der Waals surface area contributed by atoms with Crippen LogP contribution in [0.2, 0.25) is 5.02 Å². The van der Waals surface area contributed by atoms with Crippen LogP contribution in [0.3, 0.4) is 0 Å². The molecule has 2 rings (SSSR count). The quantitative estimate of drug-likeness (QED) is 0.851. The molecular weight excluding hydrogens is 260 g/mol. The molecule has 6 heteroatoms. The Labute approximate surface area is 108 Å². The van der Waals surface area contributed by atoms with E-state index in [9.17, 15) is 9.59 Å². The summed E-state index contributed by atoms with van der Waals surface area (Å²) in [6, 6.07) is 4.81. The topological polar surface area (TPSA) is 72.8 Å². The smallest absolute Gasteiger partial charge is 0.311 e. The summed E-state index contributed by atoms with van der Waals surface area (Å²) in [6.07, 6.45) is -0.915. The number of methoxy groups -OCH3 is 1. The van der Waals surface area contributed by atoms with E-state index in [2.05, 4.69) is 0 Å². The first-order chi connectivity index (χ1) is 8.52. The summed E-state index contributed by atoms with van der Waals surface area (Å²) in [7, 11) is 1.48. The molecule has 1 heterocycles. The third-order valence-electron chi connectivity index (χ3n) is 2.83. The highest BCUT2D eigenvalue weighted by Gasteiger charge is 2.41. The first-order valence-corrected chi connectivity index (χ1v) is 5.66. The largest absolute Gasteiger partial charge is 0.495 e. The van der Waals surface area contributed by atoms with E-state index in [0.29, 0.717) is 16.3 Å². The molecule has 1 aromatic rings. The predicted molar refractivity (Wildman–Crippen MR) is 62.6 cm³/mol. The lowest BCUT2D eigenvalue weighted by atomic mass is 9.95. The van der Waals surface area contributed by atoms with Gasteiger partial charge in [0.05, 0.1) is 18.6 Å². The summed E-state index contributed by atoms with van der Waals surface area (Å²) < 4.78 is 10.0. The van der Waals surface area contributed by atoms with E-state index in [4.69, 9.17) is 26.2 Å². The van der Waals surface area contributed by atoms with Crippen molar-refractivity contribution in [1.82, 2.24) is 0 Å². The summed E-state index contributed by atoms with van der Waals surface area (Å²) in [5, 5.41) is 9.39. The highest BCUT2D eigenvalue weighted by Crippen LogP contribution is 2.38. The normalized spacial score (nSPS) is 22.7. The van der Waals surface area contributed by atoms with Crippen molar-refractivity contribution in [2.75, 3.05) is 7.11 Å². The number of aliphatic carboxylic acids is 1. The van der Waals surface area contributed by atoms with Gasteiger partial charge in [0.15, 0.2) is 0 Å². The molecule has 18 heavy (non-hydrogen) atoms. The van der Waals surface area contributed by atoms with E-state index in [1.165, 1.54) is 7.11 Å². The van der Waals surface area contributed by atoms with E-state index in [-0.39, 0.29) is 6.42 Å². The zero-order valence-electron chi connectivity index (χ0n) is 9.55. The maximum atomic E-state index is 11.2. The summed E-state index contributed by atoms with van der Waals surface area (Å²) in [4.78, 5) is 22.3. The minimum absolute atomic E-state index is 0.121. The number of benzene rings is 1. The number of halogens is 1. The van der Waals surface area contributed by atoms with Gasteiger partial charge in [-0.3, -0.25) is 9.59 Å². The Morgan fingerprint density at radius 2 is 2.28 bits per heavy atom. The first kappa shape index (κ1) is 12.7. The average molecular weight is 271 g/mol. The van der Waals surface area contributed by atoms with Gasteiger partial charge in [-0.05, 0) is 17.7 Å². The zero-order chi connectivity index (χ0) is 13.3. The fourth-order valence-electron chi connectivity index (χ4n) is 1.94. The number of hydrogen-bond acceptors (Lipinski definition) is 4. The number of carbonyl (C=O) groups excluding carboxylic acids is 1. The van der Waals surface area contributed by atoms with E-state index in [1.807, 2.05) is 0 Å². The van der Waals surface area contributed by atoms with Crippen LogP contribution >= 0.6 is 11.6 Å². The Balaban J connectivity index is 2.33. The maximum absolute atomic E-state index is 11.2. The fraction of sp³-hybridized carbons (Fsp3) is 0.333. The second-order valence-corrected chi connectivity index (χ2v) is 4.36. The molecular formula is C12H11ClO5. The number of carboxylic acids is 1. The monoisotopic (exact) mass is 270 g/mol. The molecule has 0 unspecified atom stereocenters. The molecule has 96 valence electrons. The number of rotatable bonds is 3. The number of ether oxygens (including phenoxy) is 2. The molecule has 0 aliphatic carbocycles. The lowest BCUT2D eigenvalue weighted by Gasteiger charge is -2.15. The molecule has 2 atom stereocenters. The van der Waals surface area contributed by atoms with Crippen molar-refractivity contribution in [3.63, 3.8) is 0 Å². The Morgan fingerprint density at radius 3 is 2.83 bits per heavy atom. The van der Waals surface area contributed by atoms with Gasteiger partial charge in [0, 0.05) is 0 Å². The van der Waals surface area contributed by atoms with Crippen LogP contribution in [-0.4, -0.2) is 24.2 Å². The van der Waals surface area contributed by atoms with Crippen LogP contribution in [-0.2, 0) is 14.3 Å². The highest BCUT2D eigenvalue weighted by molar-refractivity contribution is 6.32.